The van der Waals surface area contributed by atoms with E-state index in [1.165, 1.54) is 6.07 Å². The molecule has 0 amide bonds. The van der Waals surface area contributed by atoms with Crippen molar-refractivity contribution in [2.75, 3.05) is 0 Å². The standard InChI is InChI=1S/C25H20FNO/c1-25(15-23(28)18-9-5-6-10-21(18)25)14-20-19-13-17(26)11-12-22(19)27-24(20)16-7-3-2-4-8-16/h2-13,27H,14-15H2,1H3. The van der Waals surface area contributed by atoms with Crippen LogP contribution in [0.2, 0.25) is 0 Å². The van der Waals surface area contributed by atoms with Gasteiger partial charge in [0.05, 0.1) is 0 Å². The lowest BCUT2D eigenvalue weighted by Gasteiger charge is -2.25. The van der Waals surface area contributed by atoms with Gasteiger partial charge in [-0.3, -0.25) is 4.79 Å². The van der Waals surface area contributed by atoms with Crippen LogP contribution in [0.5, 0.6) is 0 Å². The molecule has 1 aliphatic rings. The van der Waals surface area contributed by atoms with E-state index in [9.17, 15) is 9.18 Å². The average molecular weight is 369 g/mol. The number of carbonyl (C=O) groups is 1. The Morgan fingerprint density at radius 3 is 2.57 bits per heavy atom. The van der Waals surface area contributed by atoms with Crippen LogP contribution in [0.1, 0.15) is 34.8 Å². The summed E-state index contributed by atoms with van der Waals surface area (Å²) in [6.07, 6.45) is 1.14. The monoisotopic (exact) mass is 369 g/mol. The quantitative estimate of drug-likeness (QED) is 0.468. The number of aromatic amines is 1. The van der Waals surface area contributed by atoms with E-state index < -0.39 is 0 Å². The number of hydrogen-bond donors (Lipinski definition) is 1. The number of halogens is 1. The molecular weight excluding hydrogens is 349 g/mol. The summed E-state index contributed by atoms with van der Waals surface area (Å²) in [5, 5.41) is 0.886. The summed E-state index contributed by atoms with van der Waals surface area (Å²) in [4.78, 5) is 16.1. The minimum absolute atomic E-state index is 0.186. The first-order valence-electron chi connectivity index (χ1n) is 9.53. The molecule has 0 fully saturated rings. The van der Waals surface area contributed by atoms with E-state index in [0.29, 0.717) is 12.8 Å². The van der Waals surface area contributed by atoms with Gasteiger partial charge in [-0.1, -0.05) is 61.5 Å². The molecule has 3 heteroatoms. The van der Waals surface area contributed by atoms with Crippen molar-refractivity contribution >= 4 is 16.7 Å². The first-order chi connectivity index (χ1) is 13.5. The highest BCUT2D eigenvalue weighted by Crippen LogP contribution is 2.44. The summed E-state index contributed by atoms with van der Waals surface area (Å²) >= 11 is 0. The van der Waals surface area contributed by atoms with E-state index >= 15 is 0 Å². The molecule has 2 nitrogen and oxygen atoms in total. The second-order valence-electron chi connectivity index (χ2n) is 7.92. The minimum atomic E-state index is -0.307. The van der Waals surface area contributed by atoms with Crippen molar-refractivity contribution < 1.29 is 9.18 Å². The maximum atomic E-state index is 14.1. The fourth-order valence-electron chi connectivity index (χ4n) is 4.60. The molecule has 138 valence electrons. The molecule has 3 aromatic carbocycles. The zero-order valence-corrected chi connectivity index (χ0v) is 15.6. The van der Waals surface area contributed by atoms with E-state index in [1.807, 2.05) is 36.4 Å². The predicted molar refractivity (Wildman–Crippen MR) is 110 cm³/mol. The van der Waals surface area contributed by atoms with Gasteiger partial charge in [0.15, 0.2) is 5.78 Å². The topological polar surface area (TPSA) is 32.9 Å². The van der Waals surface area contributed by atoms with E-state index in [-0.39, 0.29) is 17.0 Å². The number of H-pyrrole nitrogens is 1. The van der Waals surface area contributed by atoms with Crippen molar-refractivity contribution in [1.29, 1.82) is 0 Å². The molecular formula is C25H20FNO. The second-order valence-corrected chi connectivity index (χ2v) is 7.92. The molecule has 1 atom stereocenters. The van der Waals surface area contributed by atoms with E-state index in [1.54, 1.807) is 12.1 Å². The molecule has 0 spiro atoms. The van der Waals surface area contributed by atoms with Crippen LogP contribution >= 0.6 is 0 Å². The SMILES string of the molecule is CC1(Cc2c(-c3ccccc3)[nH]c3ccc(F)cc23)CC(=O)c2ccccc21. The Morgan fingerprint density at radius 1 is 1.00 bits per heavy atom. The first kappa shape index (κ1) is 16.9. The summed E-state index contributed by atoms with van der Waals surface area (Å²) in [6, 6.07) is 22.8. The highest BCUT2D eigenvalue weighted by molar-refractivity contribution is 6.02. The second kappa shape index (κ2) is 6.16. The maximum Gasteiger partial charge on any atom is 0.164 e. The summed E-state index contributed by atoms with van der Waals surface area (Å²) in [5.41, 5.74) is 5.64. The van der Waals surface area contributed by atoms with E-state index in [4.69, 9.17) is 0 Å². The van der Waals surface area contributed by atoms with Gasteiger partial charge < -0.3 is 4.98 Å². The molecule has 4 aromatic rings. The van der Waals surface area contributed by atoms with Gasteiger partial charge in [-0.2, -0.15) is 0 Å². The third kappa shape index (κ3) is 2.58. The molecule has 1 unspecified atom stereocenters. The number of hydrogen-bond acceptors (Lipinski definition) is 1. The van der Waals surface area contributed by atoms with Gasteiger partial charge in [-0.25, -0.2) is 4.39 Å². The number of rotatable bonds is 3. The fourth-order valence-corrected chi connectivity index (χ4v) is 4.60. The molecule has 5 rings (SSSR count). The summed E-state index contributed by atoms with van der Waals surface area (Å²) < 4.78 is 14.1. The van der Waals surface area contributed by atoms with Crippen molar-refractivity contribution in [3.05, 3.63) is 95.3 Å². The number of fused-ring (bicyclic) bond motifs is 2. The fraction of sp³-hybridized carbons (Fsp3) is 0.160. The average Bonchev–Trinajstić information content (AvgIpc) is 3.18. The Hall–Kier alpha value is -3.20. The van der Waals surface area contributed by atoms with Crippen molar-refractivity contribution in [3.63, 3.8) is 0 Å². The molecule has 1 heterocycles. The molecule has 1 aliphatic carbocycles. The summed E-state index contributed by atoms with van der Waals surface area (Å²) in [5.74, 6) is -0.0641. The molecule has 0 aliphatic heterocycles. The zero-order chi connectivity index (χ0) is 19.3. The number of aromatic nitrogens is 1. The third-order valence-electron chi connectivity index (χ3n) is 5.93. The van der Waals surface area contributed by atoms with Crippen LogP contribution in [0.4, 0.5) is 4.39 Å². The first-order valence-corrected chi connectivity index (χ1v) is 9.53. The number of Topliss-reactive ketones (excluding diaryl/α,β-unsaturated/α-hetero) is 1. The highest BCUT2D eigenvalue weighted by atomic mass is 19.1. The van der Waals surface area contributed by atoms with Crippen LogP contribution in [0.15, 0.2) is 72.8 Å². The zero-order valence-electron chi connectivity index (χ0n) is 15.6. The molecule has 0 radical (unpaired) electrons. The lowest BCUT2D eigenvalue weighted by atomic mass is 9.77. The maximum absolute atomic E-state index is 14.1. The Kier molecular flexibility index (Phi) is 3.73. The third-order valence-corrected chi connectivity index (χ3v) is 5.93. The van der Waals surface area contributed by atoms with Crippen LogP contribution in [0.3, 0.4) is 0 Å². The van der Waals surface area contributed by atoms with Crippen LogP contribution in [0, 0.1) is 5.82 Å². The van der Waals surface area contributed by atoms with Crippen molar-refractivity contribution in [2.24, 2.45) is 0 Å². The Morgan fingerprint density at radius 2 is 1.75 bits per heavy atom. The van der Waals surface area contributed by atoms with Crippen LogP contribution in [-0.2, 0) is 11.8 Å². The molecule has 0 saturated heterocycles. The molecule has 0 bridgehead atoms. The van der Waals surface area contributed by atoms with Gasteiger partial charge in [-0.05, 0) is 41.3 Å². The van der Waals surface area contributed by atoms with Crippen molar-refractivity contribution in [2.45, 2.75) is 25.2 Å². The molecule has 1 aromatic heterocycles. The lowest BCUT2D eigenvalue weighted by molar-refractivity contribution is 0.0976. The predicted octanol–water partition coefficient (Wildman–Crippen LogP) is 6.06. The number of carbonyl (C=O) groups excluding carboxylic acids is 1. The van der Waals surface area contributed by atoms with Gasteiger partial charge >= 0.3 is 0 Å². The number of nitrogens with one attached hydrogen (secondary N) is 1. The van der Waals surface area contributed by atoms with Gasteiger partial charge in [0, 0.05) is 34.0 Å². The van der Waals surface area contributed by atoms with Gasteiger partial charge in [0.25, 0.3) is 0 Å². The van der Waals surface area contributed by atoms with Crippen molar-refractivity contribution in [1.82, 2.24) is 4.98 Å². The van der Waals surface area contributed by atoms with Crippen molar-refractivity contribution in [3.8, 4) is 11.3 Å². The summed E-state index contributed by atoms with van der Waals surface area (Å²) in [7, 11) is 0. The normalized spacial score (nSPS) is 18.6. The Bertz CT molecular complexity index is 1210. The van der Waals surface area contributed by atoms with E-state index in [2.05, 4.69) is 30.1 Å². The van der Waals surface area contributed by atoms with Crippen LogP contribution < -0.4 is 0 Å². The van der Waals surface area contributed by atoms with E-state index in [0.717, 1.165) is 38.9 Å². The Balaban J connectivity index is 1.71. The number of ketones is 1. The largest absolute Gasteiger partial charge is 0.354 e. The molecule has 28 heavy (non-hydrogen) atoms. The summed E-state index contributed by atoms with van der Waals surface area (Å²) in [6.45, 7) is 2.14. The molecule has 0 saturated carbocycles. The van der Waals surface area contributed by atoms with Crippen LogP contribution in [-0.4, -0.2) is 10.8 Å². The molecule has 1 N–H and O–H groups in total. The highest BCUT2D eigenvalue weighted by Gasteiger charge is 2.40. The lowest BCUT2D eigenvalue weighted by Crippen LogP contribution is -2.22. The Labute approximate surface area is 163 Å². The smallest absolute Gasteiger partial charge is 0.164 e. The van der Waals surface area contributed by atoms with Crippen LogP contribution in [0.25, 0.3) is 22.2 Å². The minimum Gasteiger partial charge on any atom is -0.354 e. The van der Waals surface area contributed by atoms with Gasteiger partial charge in [0.2, 0.25) is 0 Å². The number of benzene rings is 3. The van der Waals surface area contributed by atoms with Gasteiger partial charge in [0.1, 0.15) is 5.82 Å². The van der Waals surface area contributed by atoms with Gasteiger partial charge in [-0.15, -0.1) is 0 Å².